The Labute approximate surface area is 98.6 Å². The van der Waals surface area contributed by atoms with Crippen LogP contribution in [0.1, 0.15) is 6.92 Å². The molecule has 0 aliphatic rings. The first-order chi connectivity index (χ1) is 7.30. The molecule has 0 heterocycles. The summed E-state index contributed by atoms with van der Waals surface area (Å²) >= 11 is 5.55. The van der Waals surface area contributed by atoms with Crippen LogP contribution < -0.4 is 10.5 Å². The molecule has 16 heavy (non-hydrogen) atoms. The molecule has 3 N–H and O–H groups in total. The lowest BCUT2D eigenvalue weighted by Gasteiger charge is -2.06. The number of anilines is 1. The van der Waals surface area contributed by atoms with Crippen LogP contribution in [0.15, 0.2) is 29.2 Å². The van der Waals surface area contributed by atoms with Gasteiger partial charge in [0.2, 0.25) is 15.9 Å². The van der Waals surface area contributed by atoms with Crippen molar-refractivity contribution in [3.05, 3.63) is 24.3 Å². The van der Waals surface area contributed by atoms with E-state index in [1.54, 1.807) is 0 Å². The van der Waals surface area contributed by atoms with Crippen molar-refractivity contribution in [3.8, 4) is 0 Å². The zero-order valence-electron chi connectivity index (χ0n) is 8.48. The summed E-state index contributed by atoms with van der Waals surface area (Å²) < 4.78 is 21.9. The Morgan fingerprint density at radius 3 is 2.25 bits per heavy atom. The van der Waals surface area contributed by atoms with Crippen LogP contribution in [-0.2, 0) is 14.8 Å². The van der Waals surface area contributed by atoms with Crippen molar-refractivity contribution in [2.75, 3.05) is 5.32 Å². The molecule has 1 atom stereocenters. The second-order valence-corrected chi connectivity index (χ2v) is 5.39. The third kappa shape index (κ3) is 3.48. The van der Waals surface area contributed by atoms with Gasteiger partial charge >= 0.3 is 0 Å². The molecule has 0 bridgehead atoms. The van der Waals surface area contributed by atoms with E-state index in [2.05, 4.69) is 5.32 Å². The van der Waals surface area contributed by atoms with E-state index in [1.165, 1.54) is 31.2 Å². The first-order valence-electron chi connectivity index (χ1n) is 4.38. The van der Waals surface area contributed by atoms with E-state index in [9.17, 15) is 13.2 Å². The molecule has 0 fully saturated rings. The summed E-state index contributed by atoms with van der Waals surface area (Å²) in [5.74, 6) is -0.356. The van der Waals surface area contributed by atoms with Crippen LogP contribution >= 0.6 is 11.6 Å². The fourth-order valence-corrected chi connectivity index (χ4v) is 1.54. The lowest BCUT2D eigenvalue weighted by atomic mass is 10.3. The molecule has 0 saturated carbocycles. The number of nitrogens with two attached hydrogens (primary N) is 1. The third-order valence-electron chi connectivity index (χ3n) is 1.81. The van der Waals surface area contributed by atoms with Crippen LogP contribution in [0.2, 0.25) is 0 Å². The summed E-state index contributed by atoms with van der Waals surface area (Å²) in [4.78, 5) is 11.2. The lowest BCUT2D eigenvalue weighted by molar-refractivity contribution is -0.115. The molecule has 1 aromatic carbocycles. The fourth-order valence-electron chi connectivity index (χ4n) is 0.970. The zero-order valence-corrected chi connectivity index (χ0v) is 10.0. The van der Waals surface area contributed by atoms with Gasteiger partial charge in [0.15, 0.2) is 0 Å². The average Bonchev–Trinajstić information content (AvgIpc) is 2.17. The first-order valence-corrected chi connectivity index (χ1v) is 6.37. The van der Waals surface area contributed by atoms with Crippen LogP contribution in [0.25, 0.3) is 0 Å². The molecule has 1 aromatic rings. The summed E-state index contributed by atoms with van der Waals surface area (Å²) in [6, 6.07) is 5.50. The zero-order chi connectivity index (χ0) is 12.3. The van der Waals surface area contributed by atoms with Gasteiger partial charge in [-0.15, -0.1) is 11.6 Å². The summed E-state index contributed by atoms with van der Waals surface area (Å²) in [6.45, 7) is 1.54. The predicted molar refractivity (Wildman–Crippen MR) is 61.8 cm³/mol. The lowest BCUT2D eigenvalue weighted by Crippen LogP contribution is -2.20. The van der Waals surface area contributed by atoms with Gasteiger partial charge in [0.05, 0.1) is 4.90 Å². The maximum atomic E-state index is 11.2. The van der Waals surface area contributed by atoms with Gasteiger partial charge in [-0.3, -0.25) is 4.79 Å². The van der Waals surface area contributed by atoms with Gasteiger partial charge < -0.3 is 5.32 Å². The number of halogens is 1. The van der Waals surface area contributed by atoms with Gasteiger partial charge in [-0.2, -0.15) is 0 Å². The molecule has 1 amide bonds. The number of primary sulfonamides is 1. The Morgan fingerprint density at radius 1 is 1.38 bits per heavy atom. The number of benzene rings is 1. The minimum absolute atomic E-state index is 0.00980. The molecule has 0 spiro atoms. The van der Waals surface area contributed by atoms with E-state index in [1.807, 2.05) is 0 Å². The van der Waals surface area contributed by atoms with Crippen LogP contribution in [-0.4, -0.2) is 19.7 Å². The Balaban J connectivity index is 2.84. The Morgan fingerprint density at radius 2 is 1.88 bits per heavy atom. The van der Waals surface area contributed by atoms with E-state index >= 15 is 0 Å². The number of hydrogen-bond acceptors (Lipinski definition) is 3. The van der Waals surface area contributed by atoms with Gasteiger partial charge in [-0.1, -0.05) is 0 Å². The van der Waals surface area contributed by atoms with Crippen LogP contribution in [0.4, 0.5) is 5.69 Å². The number of alkyl halides is 1. The molecule has 0 aliphatic heterocycles. The highest BCUT2D eigenvalue weighted by Gasteiger charge is 2.10. The maximum Gasteiger partial charge on any atom is 0.242 e. The summed E-state index contributed by atoms with van der Waals surface area (Å²) in [5.41, 5.74) is 0.463. The molecule has 5 nitrogen and oxygen atoms in total. The number of carbonyl (C=O) groups is 1. The van der Waals surface area contributed by atoms with Crippen molar-refractivity contribution < 1.29 is 13.2 Å². The second kappa shape index (κ2) is 4.82. The fraction of sp³-hybridized carbons (Fsp3) is 0.222. The van der Waals surface area contributed by atoms with E-state index in [-0.39, 0.29) is 10.8 Å². The third-order valence-corrected chi connectivity index (χ3v) is 2.94. The van der Waals surface area contributed by atoms with Gasteiger partial charge in [-0.25, -0.2) is 13.6 Å². The van der Waals surface area contributed by atoms with Crippen molar-refractivity contribution in [1.29, 1.82) is 0 Å². The molecule has 0 radical (unpaired) electrons. The number of amides is 1. The highest BCUT2D eigenvalue weighted by atomic mass is 35.5. The number of sulfonamides is 1. The number of hydrogen-bond donors (Lipinski definition) is 2. The van der Waals surface area contributed by atoms with E-state index in [0.29, 0.717) is 5.69 Å². The van der Waals surface area contributed by atoms with Crippen molar-refractivity contribution in [2.24, 2.45) is 5.14 Å². The number of nitrogens with one attached hydrogen (secondary N) is 1. The summed E-state index contributed by atoms with van der Waals surface area (Å²) in [5, 5.41) is 6.78. The van der Waals surface area contributed by atoms with Crippen LogP contribution in [0, 0.1) is 0 Å². The Kier molecular flexibility index (Phi) is 3.90. The monoisotopic (exact) mass is 262 g/mol. The molecule has 0 saturated heterocycles. The minimum atomic E-state index is -3.70. The molecular weight excluding hydrogens is 252 g/mol. The molecule has 88 valence electrons. The Bertz CT molecular complexity index is 482. The summed E-state index contributed by atoms with van der Waals surface area (Å²) in [6.07, 6.45) is 0. The molecule has 1 unspecified atom stereocenters. The first kappa shape index (κ1) is 13.0. The average molecular weight is 263 g/mol. The molecule has 7 heteroatoms. The normalized spacial score (nSPS) is 13.2. The van der Waals surface area contributed by atoms with Crippen LogP contribution in [0.5, 0.6) is 0 Å². The van der Waals surface area contributed by atoms with Crippen molar-refractivity contribution >= 4 is 33.2 Å². The van der Waals surface area contributed by atoms with Gasteiger partial charge in [-0.05, 0) is 31.2 Å². The smallest absolute Gasteiger partial charge is 0.242 e. The molecular formula is C9H11ClN2O3S. The van der Waals surface area contributed by atoms with Gasteiger partial charge in [0.1, 0.15) is 5.38 Å². The number of rotatable bonds is 3. The Hall–Kier alpha value is -1.11. The highest BCUT2D eigenvalue weighted by Crippen LogP contribution is 2.13. The number of carbonyl (C=O) groups excluding carboxylic acids is 1. The second-order valence-electron chi connectivity index (χ2n) is 3.17. The standard InChI is InChI=1S/C9H11ClN2O3S/c1-6(10)9(13)12-7-2-4-8(5-3-7)16(11,14)15/h2-6H,1H3,(H,12,13)(H2,11,14,15). The largest absolute Gasteiger partial charge is 0.325 e. The predicted octanol–water partition coefficient (Wildman–Crippen LogP) is 0.900. The van der Waals surface area contributed by atoms with Crippen LogP contribution in [0.3, 0.4) is 0 Å². The van der Waals surface area contributed by atoms with E-state index in [0.717, 1.165) is 0 Å². The molecule has 1 rings (SSSR count). The molecule has 0 aromatic heterocycles. The van der Waals surface area contributed by atoms with E-state index in [4.69, 9.17) is 16.7 Å². The summed E-state index contributed by atoms with van der Waals surface area (Å²) in [7, 11) is -3.70. The SMILES string of the molecule is CC(Cl)C(=O)Nc1ccc(S(N)(=O)=O)cc1. The van der Waals surface area contributed by atoms with Crippen molar-refractivity contribution in [2.45, 2.75) is 17.2 Å². The van der Waals surface area contributed by atoms with Crippen molar-refractivity contribution in [3.63, 3.8) is 0 Å². The quantitative estimate of drug-likeness (QED) is 0.793. The maximum absolute atomic E-state index is 11.2. The van der Waals surface area contributed by atoms with Crippen molar-refractivity contribution in [1.82, 2.24) is 0 Å². The highest BCUT2D eigenvalue weighted by molar-refractivity contribution is 7.89. The topological polar surface area (TPSA) is 89.3 Å². The molecule has 0 aliphatic carbocycles. The minimum Gasteiger partial charge on any atom is -0.325 e. The van der Waals surface area contributed by atoms with Gasteiger partial charge in [0.25, 0.3) is 0 Å². The van der Waals surface area contributed by atoms with Gasteiger partial charge in [0, 0.05) is 5.69 Å². The van der Waals surface area contributed by atoms with E-state index < -0.39 is 15.4 Å².